The van der Waals surface area contributed by atoms with Gasteiger partial charge in [-0.05, 0) is 24.0 Å². The van der Waals surface area contributed by atoms with Gasteiger partial charge in [0.05, 0.1) is 12.3 Å². The van der Waals surface area contributed by atoms with Gasteiger partial charge >= 0.3 is 0 Å². The summed E-state index contributed by atoms with van der Waals surface area (Å²) in [6, 6.07) is 7.75. The fourth-order valence-corrected chi connectivity index (χ4v) is 4.01. The number of benzene rings is 1. The molecule has 0 bridgehead atoms. The number of rotatable bonds is 3. The van der Waals surface area contributed by atoms with E-state index in [-0.39, 0.29) is 18.0 Å². The average molecular weight is 323 g/mol. The minimum atomic E-state index is -3.23. The molecule has 0 spiro atoms. The molecule has 1 amide bonds. The second-order valence-electron chi connectivity index (χ2n) is 6.07. The fraction of sp³-hybridized carbons (Fsp3) is 0.533. The molecule has 7 heteroatoms. The number of carbonyl (C=O) groups is 1. The molecule has 1 aromatic rings. The first-order valence-corrected chi connectivity index (χ1v) is 9.38. The molecule has 3 rings (SSSR count). The van der Waals surface area contributed by atoms with E-state index < -0.39 is 10.0 Å². The Labute approximate surface area is 130 Å². The lowest BCUT2D eigenvalue weighted by Crippen LogP contribution is -2.49. The van der Waals surface area contributed by atoms with Crippen molar-refractivity contribution in [1.29, 1.82) is 0 Å². The number of carbonyl (C=O) groups excluding carboxylic acids is 1. The van der Waals surface area contributed by atoms with Crippen LogP contribution in [0.3, 0.4) is 0 Å². The summed E-state index contributed by atoms with van der Waals surface area (Å²) in [7, 11) is -3.23. The Morgan fingerprint density at radius 3 is 2.77 bits per heavy atom. The highest BCUT2D eigenvalue weighted by atomic mass is 32.2. The van der Waals surface area contributed by atoms with Crippen molar-refractivity contribution in [1.82, 2.24) is 14.9 Å². The maximum absolute atomic E-state index is 12.6. The first kappa shape index (κ1) is 15.5. The Hall–Kier alpha value is -1.44. The molecule has 0 aliphatic carbocycles. The van der Waals surface area contributed by atoms with E-state index in [1.165, 1.54) is 11.1 Å². The SMILES string of the molecule is CS(=O)(=O)N[C@@H]1CCN(C(=O)[C@@H]2Cc3ccccc3CN2)C1. The number of sulfonamides is 1. The van der Waals surface area contributed by atoms with E-state index in [0.29, 0.717) is 32.5 Å². The van der Waals surface area contributed by atoms with Gasteiger partial charge in [-0.15, -0.1) is 0 Å². The Balaban J connectivity index is 1.62. The highest BCUT2D eigenvalue weighted by Gasteiger charge is 2.33. The zero-order chi connectivity index (χ0) is 15.7. The van der Waals surface area contributed by atoms with Crippen molar-refractivity contribution in [2.24, 2.45) is 0 Å². The molecule has 1 saturated heterocycles. The smallest absolute Gasteiger partial charge is 0.240 e. The topological polar surface area (TPSA) is 78.5 Å². The van der Waals surface area contributed by atoms with Crippen LogP contribution >= 0.6 is 0 Å². The lowest BCUT2D eigenvalue weighted by atomic mass is 9.95. The van der Waals surface area contributed by atoms with E-state index in [9.17, 15) is 13.2 Å². The van der Waals surface area contributed by atoms with Gasteiger partial charge in [0.15, 0.2) is 0 Å². The van der Waals surface area contributed by atoms with Crippen LogP contribution in [0.1, 0.15) is 17.5 Å². The molecular weight excluding hydrogens is 302 g/mol. The van der Waals surface area contributed by atoms with E-state index in [1.54, 1.807) is 4.90 Å². The highest BCUT2D eigenvalue weighted by Crippen LogP contribution is 2.19. The summed E-state index contributed by atoms with van der Waals surface area (Å²) in [4.78, 5) is 14.4. The lowest BCUT2D eigenvalue weighted by Gasteiger charge is -2.29. The molecule has 2 aliphatic heterocycles. The van der Waals surface area contributed by atoms with Crippen LogP contribution in [0.2, 0.25) is 0 Å². The molecule has 0 radical (unpaired) electrons. The maximum Gasteiger partial charge on any atom is 0.240 e. The van der Waals surface area contributed by atoms with E-state index in [1.807, 2.05) is 12.1 Å². The summed E-state index contributed by atoms with van der Waals surface area (Å²) in [6.45, 7) is 1.75. The van der Waals surface area contributed by atoms with Crippen molar-refractivity contribution < 1.29 is 13.2 Å². The van der Waals surface area contributed by atoms with Gasteiger partial charge in [-0.2, -0.15) is 0 Å². The van der Waals surface area contributed by atoms with Crippen LogP contribution in [0.15, 0.2) is 24.3 Å². The van der Waals surface area contributed by atoms with E-state index in [4.69, 9.17) is 0 Å². The normalized spacial score (nSPS) is 25.0. The van der Waals surface area contributed by atoms with Crippen molar-refractivity contribution >= 4 is 15.9 Å². The molecular formula is C15H21N3O3S. The number of likely N-dealkylation sites (tertiary alicyclic amines) is 1. The molecule has 22 heavy (non-hydrogen) atoms. The van der Waals surface area contributed by atoms with E-state index in [2.05, 4.69) is 22.2 Å². The zero-order valence-electron chi connectivity index (χ0n) is 12.6. The van der Waals surface area contributed by atoms with Crippen LogP contribution in [-0.4, -0.2) is 50.7 Å². The summed E-state index contributed by atoms with van der Waals surface area (Å²) < 4.78 is 25.1. The third kappa shape index (κ3) is 3.48. The zero-order valence-corrected chi connectivity index (χ0v) is 13.4. The van der Waals surface area contributed by atoms with E-state index in [0.717, 1.165) is 6.26 Å². The monoisotopic (exact) mass is 323 g/mol. The molecule has 0 unspecified atom stereocenters. The number of nitrogens with one attached hydrogen (secondary N) is 2. The summed E-state index contributed by atoms with van der Waals surface area (Å²) in [5, 5.41) is 3.29. The quantitative estimate of drug-likeness (QED) is 0.811. The van der Waals surface area contributed by atoms with Crippen molar-refractivity contribution in [2.75, 3.05) is 19.3 Å². The van der Waals surface area contributed by atoms with Crippen LogP contribution in [0.4, 0.5) is 0 Å². The Bertz CT molecular complexity index is 674. The second-order valence-corrected chi connectivity index (χ2v) is 7.85. The predicted octanol–water partition coefficient (Wildman–Crippen LogP) is -0.149. The van der Waals surface area contributed by atoms with Gasteiger partial charge in [0.25, 0.3) is 0 Å². The first-order chi connectivity index (χ1) is 10.4. The standard InChI is InChI=1S/C15H21N3O3S/c1-22(20,21)17-13-6-7-18(10-13)15(19)14-8-11-4-2-3-5-12(11)9-16-14/h2-5,13-14,16-17H,6-10H2,1H3/t13-,14+/m1/s1. The van der Waals surface area contributed by atoms with Crippen molar-refractivity contribution in [3.63, 3.8) is 0 Å². The number of amides is 1. The number of fused-ring (bicyclic) bond motifs is 1. The molecule has 0 aromatic heterocycles. The summed E-state index contributed by atoms with van der Waals surface area (Å²) >= 11 is 0. The molecule has 1 aromatic carbocycles. The molecule has 2 N–H and O–H groups in total. The van der Waals surface area contributed by atoms with Gasteiger partial charge in [-0.25, -0.2) is 13.1 Å². The van der Waals surface area contributed by atoms with Gasteiger partial charge in [0, 0.05) is 25.7 Å². The summed E-state index contributed by atoms with van der Waals surface area (Å²) in [5.74, 6) is 0.0623. The van der Waals surface area contributed by atoms with E-state index >= 15 is 0 Å². The molecule has 120 valence electrons. The number of nitrogens with zero attached hydrogens (tertiary/aromatic N) is 1. The van der Waals surface area contributed by atoms with Gasteiger partial charge in [0.1, 0.15) is 0 Å². The third-order valence-electron chi connectivity index (χ3n) is 4.26. The van der Waals surface area contributed by atoms with Gasteiger partial charge in [0.2, 0.25) is 15.9 Å². The van der Waals surface area contributed by atoms with Crippen LogP contribution in [-0.2, 0) is 27.8 Å². The molecule has 6 nitrogen and oxygen atoms in total. The second kappa shape index (κ2) is 5.98. The van der Waals surface area contributed by atoms with Crippen molar-refractivity contribution in [3.8, 4) is 0 Å². The maximum atomic E-state index is 12.6. The summed E-state index contributed by atoms with van der Waals surface area (Å²) in [5.41, 5.74) is 2.45. The number of hydrogen-bond acceptors (Lipinski definition) is 4. The van der Waals surface area contributed by atoms with Gasteiger partial charge in [-0.1, -0.05) is 24.3 Å². The van der Waals surface area contributed by atoms with Crippen molar-refractivity contribution in [3.05, 3.63) is 35.4 Å². The molecule has 1 fully saturated rings. The third-order valence-corrected chi connectivity index (χ3v) is 5.02. The Kier molecular flexibility index (Phi) is 4.20. The van der Waals surface area contributed by atoms with Gasteiger partial charge in [-0.3, -0.25) is 4.79 Å². The van der Waals surface area contributed by atoms with Crippen LogP contribution in [0, 0.1) is 0 Å². The Morgan fingerprint density at radius 1 is 1.32 bits per heavy atom. The van der Waals surface area contributed by atoms with Crippen LogP contribution in [0.25, 0.3) is 0 Å². The number of hydrogen-bond donors (Lipinski definition) is 2. The molecule has 2 atom stereocenters. The predicted molar refractivity (Wildman–Crippen MR) is 83.7 cm³/mol. The largest absolute Gasteiger partial charge is 0.340 e. The minimum absolute atomic E-state index is 0.0623. The minimum Gasteiger partial charge on any atom is -0.340 e. The summed E-state index contributed by atoms with van der Waals surface area (Å²) in [6.07, 6.45) is 2.51. The fourth-order valence-electron chi connectivity index (χ4n) is 3.21. The molecule has 2 heterocycles. The lowest BCUT2D eigenvalue weighted by molar-refractivity contribution is -0.132. The van der Waals surface area contributed by atoms with Crippen LogP contribution in [0.5, 0.6) is 0 Å². The average Bonchev–Trinajstić information content (AvgIpc) is 2.92. The Morgan fingerprint density at radius 2 is 2.05 bits per heavy atom. The van der Waals surface area contributed by atoms with Gasteiger partial charge < -0.3 is 10.2 Å². The van der Waals surface area contributed by atoms with Crippen LogP contribution < -0.4 is 10.0 Å². The van der Waals surface area contributed by atoms with Crippen molar-refractivity contribution in [2.45, 2.75) is 31.5 Å². The highest BCUT2D eigenvalue weighted by molar-refractivity contribution is 7.88. The molecule has 2 aliphatic rings. The first-order valence-electron chi connectivity index (χ1n) is 7.48. The molecule has 0 saturated carbocycles.